The Bertz CT molecular complexity index is 747. The Morgan fingerprint density at radius 1 is 0.698 bits per heavy atom. The Balaban J connectivity index is 1.67. The predicted octanol–water partition coefficient (Wildman–Crippen LogP) is -0.0746. The Morgan fingerprint density at radius 2 is 1.21 bits per heavy atom. The number of hydrogen-bond acceptors (Lipinski definition) is 12. The molecule has 0 aromatic heterocycles. The molecule has 13 heteroatoms. The zero-order valence-corrected chi connectivity index (χ0v) is 25.7. The minimum atomic E-state index is -1.76. The molecule has 0 bridgehead atoms. The lowest BCUT2D eigenvalue weighted by molar-refractivity contribution is -0.343. The van der Waals surface area contributed by atoms with Gasteiger partial charge in [0.15, 0.2) is 12.5 Å². The summed E-state index contributed by atoms with van der Waals surface area (Å²) in [4.78, 5) is 12.7. The molecule has 2 saturated heterocycles. The van der Waals surface area contributed by atoms with E-state index in [9.17, 15) is 40.5 Å². The van der Waals surface area contributed by atoms with E-state index < -0.39 is 86.5 Å². The summed E-state index contributed by atoms with van der Waals surface area (Å²) in [5, 5.41) is 73.2. The molecule has 0 aliphatic carbocycles. The van der Waals surface area contributed by atoms with Crippen molar-refractivity contribution in [1.82, 2.24) is 5.32 Å². The van der Waals surface area contributed by atoms with E-state index in [0.717, 1.165) is 25.7 Å². The molecule has 2 aliphatic heterocycles. The molecule has 2 aliphatic rings. The molecule has 0 radical (unpaired) electrons. The minimum Gasteiger partial charge on any atom is -0.394 e. The van der Waals surface area contributed by atoms with E-state index in [1.54, 1.807) is 0 Å². The van der Waals surface area contributed by atoms with Crippen molar-refractivity contribution in [3.05, 3.63) is 0 Å². The van der Waals surface area contributed by atoms with Gasteiger partial charge in [-0.15, -0.1) is 0 Å². The lowest BCUT2D eigenvalue weighted by Crippen LogP contribution is -2.67. The molecular weight excluding hydrogens is 564 g/mol. The van der Waals surface area contributed by atoms with E-state index in [4.69, 9.17) is 19.9 Å². The third kappa shape index (κ3) is 12.4. The smallest absolute Gasteiger partial charge is 0.238 e. The summed E-state index contributed by atoms with van der Waals surface area (Å²) < 4.78 is 16.4. The van der Waals surface area contributed by atoms with Crippen LogP contribution in [0.2, 0.25) is 0 Å². The maximum Gasteiger partial charge on any atom is 0.238 e. The summed E-state index contributed by atoms with van der Waals surface area (Å²) in [5.74, 6) is -0.573. The van der Waals surface area contributed by atoms with Crippen LogP contribution in [0.1, 0.15) is 103 Å². The van der Waals surface area contributed by atoms with E-state index >= 15 is 0 Å². The van der Waals surface area contributed by atoms with Gasteiger partial charge in [-0.25, -0.2) is 0 Å². The number of carbonyl (C=O) groups is 1. The summed E-state index contributed by atoms with van der Waals surface area (Å²) >= 11 is 0. The van der Waals surface area contributed by atoms with Crippen molar-refractivity contribution in [1.29, 1.82) is 0 Å². The number of amides is 1. The van der Waals surface area contributed by atoms with Crippen LogP contribution in [0.15, 0.2) is 0 Å². The lowest BCUT2D eigenvalue weighted by Gasteiger charge is -2.46. The number of hydrogen-bond donors (Lipinski definition) is 9. The Hall–Kier alpha value is -0.970. The molecule has 1 amide bonds. The fourth-order valence-electron chi connectivity index (χ4n) is 5.65. The summed E-state index contributed by atoms with van der Waals surface area (Å²) in [5.41, 5.74) is 6.05. The van der Waals surface area contributed by atoms with Gasteiger partial charge >= 0.3 is 0 Å². The third-order valence-corrected chi connectivity index (χ3v) is 8.49. The van der Waals surface area contributed by atoms with Gasteiger partial charge in [0.25, 0.3) is 0 Å². The van der Waals surface area contributed by atoms with Gasteiger partial charge in [0.05, 0.1) is 19.3 Å². The maximum atomic E-state index is 12.7. The van der Waals surface area contributed by atoms with Crippen molar-refractivity contribution in [3.8, 4) is 0 Å². The first-order chi connectivity index (χ1) is 20.7. The Kier molecular flexibility index (Phi) is 18.6. The predicted molar refractivity (Wildman–Crippen MR) is 157 cm³/mol. The second-order valence-corrected chi connectivity index (χ2v) is 12.1. The summed E-state index contributed by atoms with van der Waals surface area (Å²) in [7, 11) is 0. The fourth-order valence-corrected chi connectivity index (χ4v) is 5.65. The van der Waals surface area contributed by atoms with Crippen molar-refractivity contribution in [2.45, 2.75) is 171 Å². The van der Waals surface area contributed by atoms with Crippen LogP contribution in [-0.4, -0.2) is 122 Å². The molecule has 0 saturated carbocycles. The number of ether oxygens (including phenoxy) is 3. The van der Waals surface area contributed by atoms with Gasteiger partial charge in [-0.3, -0.25) is 4.79 Å². The summed E-state index contributed by atoms with van der Waals surface area (Å²) in [6, 6.07) is -0.846. The zero-order valence-electron chi connectivity index (χ0n) is 25.7. The van der Waals surface area contributed by atoms with E-state index in [1.165, 1.54) is 64.2 Å². The largest absolute Gasteiger partial charge is 0.394 e. The quantitative estimate of drug-likeness (QED) is 0.0767. The molecule has 2 rings (SSSR count). The average molecular weight is 623 g/mol. The molecule has 2 fully saturated rings. The van der Waals surface area contributed by atoms with Crippen molar-refractivity contribution >= 4 is 5.91 Å². The fraction of sp³-hybridized carbons (Fsp3) is 0.967. The maximum absolute atomic E-state index is 12.7. The van der Waals surface area contributed by atoms with Crippen LogP contribution in [0.4, 0.5) is 0 Å². The first kappa shape index (κ1) is 38.2. The second-order valence-electron chi connectivity index (χ2n) is 12.1. The summed E-state index contributed by atoms with van der Waals surface area (Å²) in [6.07, 6.45) is 2.09. The average Bonchev–Trinajstić information content (AvgIpc) is 3.00. The highest BCUT2D eigenvalue weighted by Crippen LogP contribution is 2.28. The Morgan fingerprint density at radius 3 is 1.72 bits per heavy atom. The number of aliphatic hydroxyl groups excluding tert-OH is 7. The molecule has 254 valence electrons. The van der Waals surface area contributed by atoms with Gasteiger partial charge in [-0.1, -0.05) is 96.8 Å². The zero-order chi connectivity index (χ0) is 31.8. The van der Waals surface area contributed by atoms with Gasteiger partial charge in [-0.2, -0.15) is 0 Å². The van der Waals surface area contributed by atoms with Crippen molar-refractivity contribution in [2.24, 2.45) is 5.73 Å². The van der Waals surface area contributed by atoms with Crippen LogP contribution in [0.5, 0.6) is 0 Å². The Labute approximate surface area is 255 Å². The first-order valence-corrected chi connectivity index (χ1v) is 16.3. The standard InChI is InChI=1S/C30H58N2O11/c1-2-3-4-5-6-7-8-9-10-11-12-13-14-15-16-19(31)28(40)32-29-25(38)24(37)27(21(18-34)41-29)43-30-26(39)23(36)22(35)20(17-33)42-30/h19-27,29-30,33-39H,2-18,31H2,1H3,(H,32,40)/t19-,20+,21+,22+,23-,24+,25+,26+,27+,29+,30+/m0/s1. The topological polar surface area (TPSA) is 224 Å². The van der Waals surface area contributed by atoms with Crippen LogP contribution in [0.25, 0.3) is 0 Å². The molecule has 0 spiro atoms. The van der Waals surface area contributed by atoms with Crippen LogP contribution in [0, 0.1) is 0 Å². The molecule has 0 aromatic rings. The number of carbonyl (C=O) groups excluding carboxylic acids is 1. The highest BCUT2D eigenvalue weighted by molar-refractivity contribution is 5.81. The van der Waals surface area contributed by atoms with Crippen molar-refractivity contribution in [3.63, 3.8) is 0 Å². The lowest BCUT2D eigenvalue weighted by atomic mass is 9.96. The van der Waals surface area contributed by atoms with Gasteiger partial charge in [0.2, 0.25) is 5.91 Å². The monoisotopic (exact) mass is 622 g/mol. The second kappa shape index (κ2) is 20.9. The third-order valence-electron chi connectivity index (χ3n) is 8.49. The molecule has 13 nitrogen and oxygen atoms in total. The molecule has 10 N–H and O–H groups in total. The van der Waals surface area contributed by atoms with Gasteiger partial charge in [0.1, 0.15) is 48.8 Å². The molecule has 0 aromatic carbocycles. The molecule has 0 unspecified atom stereocenters. The van der Waals surface area contributed by atoms with E-state index in [2.05, 4.69) is 12.2 Å². The highest BCUT2D eigenvalue weighted by Gasteiger charge is 2.50. The minimum absolute atomic E-state index is 0.446. The normalized spacial score (nSPS) is 33.8. The van der Waals surface area contributed by atoms with Gasteiger partial charge < -0.3 is 61.0 Å². The van der Waals surface area contributed by atoms with Gasteiger partial charge in [0, 0.05) is 0 Å². The van der Waals surface area contributed by atoms with Crippen molar-refractivity contribution in [2.75, 3.05) is 13.2 Å². The molecule has 11 atom stereocenters. The van der Waals surface area contributed by atoms with E-state index in [-0.39, 0.29) is 0 Å². The number of nitrogens with two attached hydrogens (primary N) is 1. The number of unbranched alkanes of at least 4 members (excludes halogenated alkanes) is 13. The van der Waals surface area contributed by atoms with Crippen LogP contribution >= 0.6 is 0 Å². The SMILES string of the molecule is CCCCCCCCCCCCCCCC[C@H](N)C(=O)N[C@@H]1O[C@H](CO)[C@@H](O[C@H]2O[C@H](CO)[C@@H](O)[C@H](O)[C@H]2O)[C@H](O)[C@H]1O. The van der Waals surface area contributed by atoms with Crippen molar-refractivity contribution < 1.29 is 54.8 Å². The number of aliphatic hydroxyl groups is 7. The van der Waals surface area contributed by atoms with Gasteiger partial charge in [-0.05, 0) is 6.42 Å². The summed E-state index contributed by atoms with van der Waals surface area (Å²) in [6.45, 7) is 0.859. The molecular formula is C30H58N2O11. The number of rotatable bonds is 21. The van der Waals surface area contributed by atoms with Crippen LogP contribution < -0.4 is 11.1 Å². The molecule has 2 heterocycles. The highest BCUT2D eigenvalue weighted by atomic mass is 16.7. The van der Waals surface area contributed by atoms with Crippen LogP contribution in [-0.2, 0) is 19.0 Å². The molecule has 43 heavy (non-hydrogen) atoms. The van der Waals surface area contributed by atoms with E-state index in [1.807, 2.05) is 0 Å². The van der Waals surface area contributed by atoms with E-state index in [0.29, 0.717) is 6.42 Å². The number of nitrogens with one attached hydrogen (secondary N) is 1. The van der Waals surface area contributed by atoms with Crippen LogP contribution in [0.3, 0.4) is 0 Å². The first-order valence-electron chi connectivity index (χ1n) is 16.3.